The fraction of sp³-hybridized carbons (Fsp3) is 0.333. The lowest BCUT2D eigenvalue weighted by molar-refractivity contribution is 0.578. The van der Waals surface area contributed by atoms with Gasteiger partial charge in [0.25, 0.3) is 0 Å². The van der Waals surface area contributed by atoms with Crippen molar-refractivity contribution in [1.29, 1.82) is 0 Å². The fourth-order valence-electron chi connectivity index (χ4n) is 1.77. The summed E-state index contributed by atoms with van der Waals surface area (Å²) in [7, 11) is -0.223. The average Bonchev–Trinajstić information content (AvgIpc) is 2.85. The van der Waals surface area contributed by atoms with Crippen LogP contribution in [0, 0.1) is 0 Å². The monoisotopic (exact) mass is 329 g/mol. The number of hydrogen-bond acceptors (Lipinski definition) is 5. The van der Waals surface area contributed by atoms with Crippen LogP contribution in [0.15, 0.2) is 29.4 Å². The zero-order valence-corrected chi connectivity index (χ0v) is 13.2. The molecule has 0 saturated heterocycles. The molecule has 9 heteroatoms. The third-order valence-electron chi connectivity index (χ3n) is 2.73. The van der Waals surface area contributed by atoms with E-state index in [9.17, 15) is 8.42 Å². The van der Waals surface area contributed by atoms with Crippen molar-refractivity contribution < 1.29 is 8.42 Å². The summed E-state index contributed by atoms with van der Waals surface area (Å²) in [5.41, 5.74) is 0.832. The zero-order chi connectivity index (χ0) is 15.5. The number of benzene rings is 1. The lowest BCUT2D eigenvalue weighted by atomic mass is 10.2. The third-order valence-corrected chi connectivity index (χ3v) is 4.62. The summed E-state index contributed by atoms with van der Waals surface area (Å²) >= 11 is 5.99. The SMILES string of the molecule is CNCc1ccc(Cl)c(S(=O)(=O)NCc2ncn(C)n2)c1. The van der Waals surface area contributed by atoms with Crippen LogP contribution in [0.4, 0.5) is 0 Å². The van der Waals surface area contributed by atoms with Gasteiger partial charge in [-0.15, -0.1) is 0 Å². The van der Waals surface area contributed by atoms with E-state index in [0.29, 0.717) is 12.4 Å². The minimum absolute atomic E-state index is 0.00968. The smallest absolute Gasteiger partial charge is 0.242 e. The third kappa shape index (κ3) is 4.01. The summed E-state index contributed by atoms with van der Waals surface area (Å²) in [4.78, 5) is 4.01. The van der Waals surface area contributed by atoms with E-state index in [1.165, 1.54) is 11.0 Å². The Bertz CT molecular complexity index is 729. The van der Waals surface area contributed by atoms with E-state index < -0.39 is 10.0 Å². The molecular weight excluding hydrogens is 314 g/mol. The number of aryl methyl sites for hydroxylation is 1. The minimum Gasteiger partial charge on any atom is -0.316 e. The second-order valence-corrected chi connectivity index (χ2v) is 6.60. The first-order valence-electron chi connectivity index (χ1n) is 6.19. The molecule has 114 valence electrons. The lowest BCUT2D eigenvalue weighted by Crippen LogP contribution is -2.24. The standard InChI is InChI=1S/C12H16ClN5O2S/c1-14-6-9-3-4-10(13)11(5-9)21(19,20)16-7-12-15-8-18(2)17-12/h3-5,8,14,16H,6-7H2,1-2H3. The van der Waals surface area contributed by atoms with Crippen LogP contribution >= 0.6 is 11.6 Å². The Labute approximate surface area is 128 Å². The summed E-state index contributed by atoms with van der Waals surface area (Å²) < 4.78 is 28.6. The van der Waals surface area contributed by atoms with Gasteiger partial charge in [-0.05, 0) is 24.7 Å². The molecule has 0 aliphatic heterocycles. The van der Waals surface area contributed by atoms with Crippen LogP contribution in [-0.2, 0) is 30.2 Å². The molecular formula is C12H16ClN5O2S. The van der Waals surface area contributed by atoms with Crippen molar-refractivity contribution in [2.45, 2.75) is 18.0 Å². The maximum Gasteiger partial charge on any atom is 0.242 e. The molecule has 2 aromatic rings. The van der Waals surface area contributed by atoms with Gasteiger partial charge >= 0.3 is 0 Å². The van der Waals surface area contributed by atoms with Crippen LogP contribution < -0.4 is 10.0 Å². The van der Waals surface area contributed by atoms with Crippen LogP contribution in [0.3, 0.4) is 0 Å². The van der Waals surface area contributed by atoms with Crippen LogP contribution in [0.25, 0.3) is 0 Å². The van der Waals surface area contributed by atoms with Gasteiger partial charge in [-0.25, -0.2) is 18.1 Å². The van der Waals surface area contributed by atoms with E-state index in [4.69, 9.17) is 11.6 Å². The molecule has 1 aromatic heterocycles. The molecule has 0 spiro atoms. The van der Waals surface area contributed by atoms with Gasteiger partial charge < -0.3 is 5.32 Å². The van der Waals surface area contributed by atoms with Gasteiger partial charge in [-0.1, -0.05) is 17.7 Å². The van der Waals surface area contributed by atoms with Crippen molar-refractivity contribution in [2.24, 2.45) is 7.05 Å². The molecule has 21 heavy (non-hydrogen) atoms. The molecule has 7 nitrogen and oxygen atoms in total. The topological polar surface area (TPSA) is 88.9 Å². The van der Waals surface area contributed by atoms with Crippen molar-refractivity contribution in [3.8, 4) is 0 Å². The number of aromatic nitrogens is 3. The Kier molecular flexibility index (Phi) is 4.94. The molecule has 0 saturated carbocycles. The molecule has 0 radical (unpaired) electrons. The van der Waals surface area contributed by atoms with Crippen LogP contribution in [0.1, 0.15) is 11.4 Å². The summed E-state index contributed by atoms with van der Waals surface area (Å²) in [6, 6.07) is 4.90. The number of nitrogens with one attached hydrogen (secondary N) is 2. The summed E-state index contributed by atoms with van der Waals surface area (Å²) in [6.45, 7) is 0.567. The van der Waals surface area contributed by atoms with Gasteiger partial charge in [0, 0.05) is 13.6 Å². The second-order valence-electron chi connectivity index (χ2n) is 4.45. The average molecular weight is 330 g/mol. The van der Waals surface area contributed by atoms with E-state index in [2.05, 4.69) is 20.1 Å². The lowest BCUT2D eigenvalue weighted by Gasteiger charge is -2.09. The first kappa shape index (κ1) is 15.9. The Hall–Kier alpha value is -1.48. The highest BCUT2D eigenvalue weighted by Gasteiger charge is 2.19. The first-order valence-corrected chi connectivity index (χ1v) is 8.05. The summed E-state index contributed by atoms with van der Waals surface area (Å²) in [5, 5.41) is 7.15. The van der Waals surface area contributed by atoms with Crippen molar-refractivity contribution in [3.05, 3.63) is 40.9 Å². The summed E-state index contributed by atoms with van der Waals surface area (Å²) in [6.07, 6.45) is 1.50. The largest absolute Gasteiger partial charge is 0.316 e. The second kappa shape index (κ2) is 6.52. The maximum atomic E-state index is 12.3. The van der Waals surface area contributed by atoms with Gasteiger partial charge in [0.2, 0.25) is 10.0 Å². The fourth-order valence-corrected chi connectivity index (χ4v) is 3.30. The Morgan fingerprint density at radius 1 is 1.33 bits per heavy atom. The summed E-state index contributed by atoms with van der Waals surface area (Å²) in [5.74, 6) is 0.392. The Morgan fingerprint density at radius 2 is 2.10 bits per heavy atom. The quantitative estimate of drug-likeness (QED) is 0.813. The van der Waals surface area contributed by atoms with E-state index in [1.807, 2.05) is 0 Å². The van der Waals surface area contributed by atoms with Crippen LogP contribution in [0.5, 0.6) is 0 Å². The van der Waals surface area contributed by atoms with E-state index in [0.717, 1.165) is 5.56 Å². The Balaban J connectivity index is 2.20. The molecule has 0 unspecified atom stereocenters. The molecule has 0 amide bonds. The van der Waals surface area contributed by atoms with Crippen molar-refractivity contribution in [2.75, 3.05) is 7.05 Å². The Morgan fingerprint density at radius 3 is 2.71 bits per heavy atom. The van der Waals surface area contributed by atoms with Crippen LogP contribution in [0.2, 0.25) is 5.02 Å². The normalized spacial score (nSPS) is 11.8. The number of sulfonamides is 1. The van der Waals surface area contributed by atoms with Gasteiger partial charge in [0.05, 0.1) is 11.6 Å². The molecule has 0 fully saturated rings. The van der Waals surface area contributed by atoms with Crippen molar-refractivity contribution >= 4 is 21.6 Å². The minimum atomic E-state index is -3.72. The molecule has 2 rings (SSSR count). The number of nitrogens with zero attached hydrogens (tertiary/aromatic N) is 3. The van der Waals surface area contributed by atoms with E-state index in [-0.39, 0.29) is 16.5 Å². The molecule has 2 N–H and O–H groups in total. The van der Waals surface area contributed by atoms with Gasteiger partial charge in [-0.2, -0.15) is 5.10 Å². The van der Waals surface area contributed by atoms with Crippen molar-refractivity contribution in [3.63, 3.8) is 0 Å². The molecule has 1 aromatic carbocycles. The molecule has 0 aliphatic rings. The van der Waals surface area contributed by atoms with Gasteiger partial charge in [-0.3, -0.25) is 4.68 Å². The predicted octanol–water partition coefficient (Wildman–Crippen LogP) is 0.666. The molecule has 0 atom stereocenters. The maximum absolute atomic E-state index is 12.3. The number of rotatable bonds is 6. The zero-order valence-electron chi connectivity index (χ0n) is 11.7. The van der Waals surface area contributed by atoms with Gasteiger partial charge in [0.1, 0.15) is 11.2 Å². The highest BCUT2D eigenvalue weighted by molar-refractivity contribution is 7.89. The van der Waals surface area contributed by atoms with Crippen LogP contribution in [-0.4, -0.2) is 30.2 Å². The molecule has 0 aliphatic carbocycles. The van der Waals surface area contributed by atoms with E-state index in [1.54, 1.807) is 32.3 Å². The first-order chi connectivity index (χ1) is 9.92. The number of hydrogen-bond donors (Lipinski definition) is 2. The van der Waals surface area contributed by atoms with Gasteiger partial charge in [0.15, 0.2) is 5.82 Å². The van der Waals surface area contributed by atoms with E-state index >= 15 is 0 Å². The molecule has 1 heterocycles. The highest BCUT2D eigenvalue weighted by Crippen LogP contribution is 2.22. The predicted molar refractivity (Wildman–Crippen MR) is 79.2 cm³/mol. The highest BCUT2D eigenvalue weighted by atomic mass is 35.5. The number of halogens is 1. The van der Waals surface area contributed by atoms with Crippen molar-refractivity contribution in [1.82, 2.24) is 24.8 Å². The molecule has 0 bridgehead atoms.